The van der Waals surface area contributed by atoms with E-state index < -0.39 is 18.1 Å². The second-order valence-corrected chi connectivity index (χ2v) is 5.40. The Bertz CT molecular complexity index is 1100. The first-order chi connectivity index (χ1) is 13.1. The summed E-state index contributed by atoms with van der Waals surface area (Å²) in [6.07, 6.45) is 1.37. The van der Waals surface area contributed by atoms with Crippen molar-refractivity contribution < 1.29 is 22.3 Å². The minimum Gasteiger partial charge on any atom is -0.485 e. The molecule has 0 amide bonds. The molecule has 10 heteroatoms. The molecule has 0 aliphatic heterocycles. The zero-order valence-corrected chi connectivity index (χ0v) is 13.5. The molecule has 0 radical (unpaired) electrons. The van der Waals surface area contributed by atoms with E-state index in [-0.39, 0.29) is 23.8 Å². The SMILES string of the molecule is Fc1cc(-c2nnc(C(F)F)o2)cnc1COc1cccc2cncnc12. The van der Waals surface area contributed by atoms with Gasteiger partial charge in [0, 0.05) is 17.8 Å². The molecule has 3 heterocycles. The Hall–Kier alpha value is -3.56. The molecule has 4 rings (SSSR count). The molecule has 0 aliphatic carbocycles. The second-order valence-electron chi connectivity index (χ2n) is 5.40. The van der Waals surface area contributed by atoms with Crippen LogP contribution in [0.5, 0.6) is 5.75 Å². The van der Waals surface area contributed by atoms with E-state index in [1.54, 1.807) is 18.3 Å². The van der Waals surface area contributed by atoms with Gasteiger partial charge in [0.25, 0.3) is 5.89 Å². The Labute approximate surface area is 149 Å². The maximum absolute atomic E-state index is 14.3. The summed E-state index contributed by atoms with van der Waals surface area (Å²) in [6, 6.07) is 6.36. The highest BCUT2D eigenvalue weighted by molar-refractivity contribution is 5.83. The molecule has 1 aromatic carbocycles. The lowest BCUT2D eigenvalue weighted by Crippen LogP contribution is -2.02. The van der Waals surface area contributed by atoms with Crippen molar-refractivity contribution >= 4 is 10.9 Å². The molecule has 3 aromatic heterocycles. The second kappa shape index (κ2) is 6.98. The van der Waals surface area contributed by atoms with Gasteiger partial charge in [-0.15, -0.1) is 10.2 Å². The molecular formula is C17H10F3N5O2. The maximum atomic E-state index is 14.3. The Morgan fingerprint density at radius 2 is 2.00 bits per heavy atom. The minimum atomic E-state index is -2.90. The molecule has 0 saturated carbocycles. The summed E-state index contributed by atoms with van der Waals surface area (Å²) in [6.45, 7) is -0.151. The molecule has 27 heavy (non-hydrogen) atoms. The number of aromatic nitrogens is 5. The number of pyridine rings is 1. The van der Waals surface area contributed by atoms with Gasteiger partial charge in [0.05, 0.1) is 5.56 Å². The van der Waals surface area contributed by atoms with E-state index in [9.17, 15) is 13.2 Å². The molecule has 0 saturated heterocycles. The van der Waals surface area contributed by atoms with Crippen LogP contribution in [0.15, 0.2) is 47.4 Å². The lowest BCUT2D eigenvalue weighted by atomic mass is 10.2. The number of nitrogens with zero attached hydrogens (tertiary/aromatic N) is 5. The number of ether oxygens (including phenoxy) is 1. The van der Waals surface area contributed by atoms with Gasteiger partial charge in [-0.05, 0) is 12.1 Å². The molecule has 0 N–H and O–H groups in total. The molecule has 4 aromatic rings. The lowest BCUT2D eigenvalue weighted by Gasteiger charge is -2.09. The smallest absolute Gasteiger partial charge is 0.314 e. The van der Waals surface area contributed by atoms with Crippen LogP contribution in [0.4, 0.5) is 13.2 Å². The average Bonchev–Trinajstić information content (AvgIpc) is 3.17. The van der Waals surface area contributed by atoms with E-state index in [1.807, 2.05) is 6.07 Å². The highest BCUT2D eigenvalue weighted by atomic mass is 19.3. The standard InChI is InChI=1S/C17H10F3N5O2/c18-11-4-10(16-24-25-17(27-16)15(19)20)6-22-12(11)7-26-13-3-1-2-9-5-21-8-23-14(9)13/h1-6,8,15H,7H2. The van der Waals surface area contributed by atoms with Crippen LogP contribution in [0.1, 0.15) is 18.0 Å². The normalized spacial score (nSPS) is 11.3. The number of hydrogen-bond acceptors (Lipinski definition) is 7. The largest absolute Gasteiger partial charge is 0.485 e. The van der Waals surface area contributed by atoms with Gasteiger partial charge < -0.3 is 9.15 Å². The van der Waals surface area contributed by atoms with Gasteiger partial charge in [-0.2, -0.15) is 8.78 Å². The summed E-state index contributed by atoms with van der Waals surface area (Å²) in [5.74, 6) is -1.32. The van der Waals surface area contributed by atoms with Gasteiger partial charge >= 0.3 is 6.43 Å². The van der Waals surface area contributed by atoms with E-state index in [0.29, 0.717) is 11.3 Å². The van der Waals surface area contributed by atoms with Crippen molar-refractivity contribution in [3.05, 3.63) is 60.4 Å². The van der Waals surface area contributed by atoms with Crippen molar-refractivity contribution in [2.45, 2.75) is 13.0 Å². The number of alkyl halides is 2. The van der Waals surface area contributed by atoms with E-state index >= 15 is 0 Å². The minimum absolute atomic E-state index is 0.0263. The van der Waals surface area contributed by atoms with Gasteiger partial charge in [0.2, 0.25) is 5.89 Å². The van der Waals surface area contributed by atoms with Crippen LogP contribution in [0, 0.1) is 5.82 Å². The number of rotatable bonds is 5. The molecule has 0 atom stereocenters. The van der Waals surface area contributed by atoms with E-state index in [1.165, 1.54) is 12.5 Å². The first-order valence-electron chi connectivity index (χ1n) is 7.69. The molecule has 0 spiro atoms. The molecule has 0 unspecified atom stereocenters. The molecule has 0 fully saturated rings. The summed E-state index contributed by atoms with van der Waals surface area (Å²) in [5.41, 5.74) is 0.710. The van der Waals surface area contributed by atoms with Crippen LogP contribution >= 0.6 is 0 Å². The zero-order chi connectivity index (χ0) is 18.8. The summed E-state index contributed by atoms with van der Waals surface area (Å²) < 4.78 is 49.7. The molecule has 0 aliphatic rings. The first kappa shape index (κ1) is 16.9. The highest BCUT2D eigenvalue weighted by Gasteiger charge is 2.18. The third-order valence-corrected chi connectivity index (χ3v) is 3.65. The van der Waals surface area contributed by atoms with Crippen LogP contribution in [-0.2, 0) is 6.61 Å². The molecule has 7 nitrogen and oxygen atoms in total. The van der Waals surface area contributed by atoms with E-state index in [4.69, 9.17) is 9.15 Å². The van der Waals surface area contributed by atoms with E-state index in [0.717, 1.165) is 11.5 Å². The third-order valence-electron chi connectivity index (χ3n) is 3.65. The van der Waals surface area contributed by atoms with Crippen molar-refractivity contribution in [1.29, 1.82) is 0 Å². The van der Waals surface area contributed by atoms with Crippen LogP contribution < -0.4 is 4.74 Å². The summed E-state index contributed by atoms with van der Waals surface area (Å²) >= 11 is 0. The zero-order valence-electron chi connectivity index (χ0n) is 13.5. The van der Waals surface area contributed by atoms with Gasteiger partial charge in [0.1, 0.15) is 35.7 Å². The first-order valence-corrected chi connectivity index (χ1v) is 7.69. The lowest BCUT2D eigenvalue weighted by molar-refractivity contribution is 0.116. The Kier molecular flexibility index (Phi) is 4.37. The summed E-state index contributed by atoms with van der Waals surface area (Å²) in [4.78, 5) is 12.0. The number of hydrogen-bond donors (Lipinski definition) is 0. The Morgan fingerprint density at radius 1 is 1.11 bits per heavy atom. The van der Waals surface area contributed by atoms with Gasteiger partial charge in [-0.3, -0.25) is 4.98 Å². The van der Waals surface area contributed by atoms with Crippen LogP contribution in [-0.4, -0.2) is 25.1 Å². The van der Waals surface area contributed by atoms with E-state index in [2.05, 4.69) is 25.1 Å². The summed E-state index contributed by atoms with van der Waals surface area (Å²) in [7, 11) is 0. The van der Waals surface area contributed by atoms with Gasteiger partial charge in [-0.25, -0.2) is 14.4 Å². The summed E-state index contributed by atoms with van der Waals surface area (Å²) in [5, 5.41) is 7.44. The Balaban J connectivity index is 1.54. The third kappa shape index (κ3) is 3.41. The highest BCUT2D eigenvalue weighted by Crippen LogP contribution is 2.25. The monoisotopic (exact) mass is 373 g/mol. The fraction of sp³-hybridized carbons (Fsp3) is 0.118. The topological polar surface area (TPSA) is 86.8 Å². The number of halogens is 3. The number of benzene rings is 1. The van der Waals surface area contributed by atoms with Crippen molar-refractivity contribution in [3.8, 4) is 17.2 Å². The number of para-hydroxylation sites is 1. The van der Waals surface area contributed by atoms with Crippen LogP contribution in [0.2, 0.25) is 0 Å². The Morgan fingerprint density at radius 3 is 2.78 bits per heavy atom. The predicted molar refractivity (Wildman–Crippen MR) is 86.3 cm³/mol. The number of fused-ring (bicyclic) bond motifs is 1. The van der Waals surface area contributed by atoms with Crippen molar-refractivity contribution in [2.24, 2.45) is 0 Å². The van der Waals surface area contributed by atoms with Gasteiger partial charge in [0.15, 0.2) is 0 Å². The maximum Gasteiger partial charge on any atom is 0.314 e. The van der Waals surface area contributed by atoms with Crippen LogP contribution in [0.3, 0.4) is 0 Å². The molecule has 136 valence electrons. The van der Waals surface area contributed by atoms with Crippen molar-refractivity contribution in [3.63, 3.8) is 0 Å². The fourth-order valence-corrected chi connectivity index (χ4v) is 2.38. The van der Waals surface area contributed by atoms with Crippen molar-refractivity contribution in [2.75, 3.05) is 0 Å². The van der Waals surface area contributed by atoms with Crippen molar-refractivity contribution in [1.82, 2.24) is 25.1 Å². The fourth-order valence-electron chi connectivity index (χ4n) is 2.38. The quantitative estimate of drug-likeness (QED) is 0.527. The predicted octanol–water partition coefficient (Wildman–Crippen LogP) is 3.73. The van der Waals surface area contributed by atoms with Crippen LogP contribution in [0.25, 0.3) is 22.4 Å². The average molecular weight is 373 g/mol. The van der Waals surface area contributed by atoms with Gasteiger partial charge in [-0.1, -0.05) is 12.1 Å². The molecular weight excluding hydrogens is 363 g/mol. The molecule has 0 bridgehead atoms.